The van der Waals surface area contributed by atoms with Crippen LogP contribution in [0.1, 0.15) is 0 Å². The molecule has 0 amide bonds. The second kappa shape index (κ2) is 5.55. The van der Waals surface area contributed by atoms with Crippen molar-refractivity contribution in [3.8, 4) is 11.5 Å². The Morgan fingerprint density at radius 1 is 0.824 bits per heavy atom. The molecule has 0 saturated heterocycles. The van der Waals surface area contributed by atoms with Crippen molar-refractivity contribution in [2.24, 2.45) is 0 Å². The predicted molar refractivity (Wildman–Crippen MR) is 67.9 cm³/mol. The van der Waals surface area contributed by atoms with Gasteiger partial charge in [0.2, 0.25) is 0 Å². The van der Waals surface area contributed by atoms with Crippen LogP contribution >= 0.6 is 0 Å². The van der Waals surface area contributed by atoms with Crippen LogP contribution in [0.3, 0.4) is 0 Å². The molecule has 17 heavy (non-hydrogen) atoms. The average Bonchev–Trinajstić information content (AvgIpc) is 2.38. The van der Waals surface area contributed by atoms with Gasteiger partial charge in [-0.15, -0.1) is 0 Å². The summed E-state index contributed by atoms with van der Waals surface area (Å²) in [6.45, 7) is 1.13. The molecule has 0 heterocycles. The van der Waals surface area contributed by atoms with Gasteiger partial charge in [0.1, 0.15) is 18.1 Å². The number of methoxy groups -OCH3 is 2. The van der Waals surface area contributed by atoms with Crippen LogP contribution in [0.25, 0.3) is 10.8 Å². The molecule has 3 heteroatoms. The minimum absolute atomic E-state index is 0.548. The molecule has 0 radical (unpaired) electrons. The molecular formula is C14H16O3. The quantitative estimate of drug-likeness (QED) is 0.742. The van der Waals surface area contributed by atoms with Crippen molar-refractivity contribution in [3.05, 3.63) is 36.4 Å². The van der Waals surface area contributed by atoms with Crippen LogP contribution in [-0.4, -0.2) is 27.4 Å². The van der Waals surface area contributed by atoms with Gasteiger partial charge in [-0.1, -0.05) is 24.3 Å². The van der Waals surface area contributed by atoms with Gasteiger partial charge in [0.15, 0.2) is 0 Å². The Hall–Kier alpha value is -1.74. The molecule has 0 fully saturated rings. The fourth-order valence-corrected chi connectivity index (χ4v) is 1.79. The minimum Gasteiger partial charge on any atom is -0.496 e. The predicted octanol–water partition coefficient (Wildman–Crippen LogP) is 2.87. The van der Waals surface area contributed by atoms with Crippen LogP contribution in [0.4, 0.5) is 0 Å². The van der Waals surface area contributed by atoms with E-state index in [1.165, 1.54) is 0 Å². The first-order valence-corrected chi connectivity index (χ1v) is 5.54. The summed E-state index contributed by atoms with van der Waals surface area (Å²) < 4.78 is 16.0. The highest BCUT2D eigenvalue weighted by atomic mass is 16.5. The standard InChI is InChI=1S/C14H16O3/c1-15-9-10-17-14-8-4-5-11-12(14)6-3-7-13(11)16-2/h3-8H,9-10H2,1-2H3. The molecule has 0 aromatic heterocycles. The van der Waals surface area contributed by atoms with E-state index in [2.05, 4.69) is 0 Å². The largest absolute Gasteiger partial charge is 0.496 e. The second-order valence-electron chi connectivity index (χ2n) is 3.65. The average molecular weight is 232 g/mol. The summed E-state index contributed by atoms with van der Waals surface area (Å²) in [5, 5.41) is 2.12. The molecule has 2 aromatic carbocycles. The highest BCUT2D eigenvalue weighted by molar-refractivity contribution is 5.93. The fourth-order valence-electron chi connectivity index (χ4n) is 1.79. The first-order valence-electron chi connectivity index (χ1n) is 5.54. The van der Waals surface area contributed by atoms with Gasteiger partial charge in [-0.05, 0) is 12.1 Å². The summed E-state index contributed by atoms with van der Waals surface area (Å²) >= 11 is 0. The number of rotatable bonds is 5. The summed E-state index contributed by atoms with van der Waals surface area (Å²) in [4.78, 5) is 0. The number of hydrogen-bond acceptors (Lipinski definition) is 3. The Kier molecular flexibility index (Phi) is 3.83. The van der Waals surface area contributed by atoms with Gasteiger partial charge in [-0.2, -0.15) is 0 Å². The Labute approximate surface area is 101 Å². The van der Waals surface area contributed by atoms with E-state index in [1.807, 2.05) is 36.4 Å². The van der Waals surface area contributed by atoms with Gasteiger partial charge in [-0.3, -0.25) is 0 Å². The normalized spacial score (nSPS) is 10.5. The smallest absolute Gasteiger partial charge is 0.127 e. The summed E-state index contributed by atoms with van der Waals surface area (Å²) in [7, 11) is 3.34. The van der Waals surface area contributed by atoms with Gasteiger partial charge in [0, 0.05) is 17.9 Å². The van der Waals surface area contributed by atoms with E-state index in [4.69, 9.17) is 14.2 Å². The Bertz CT molecular complexity index is 494. The lowest BCUT2D eigenvalue weighted by Crippen LogP contribution is -2.04. The molecule has 0 aliphatic rings. The molecular weight excluding hydrogens is 216 g/mol. The fraction of sp³-hybridized carbons (Fsp3) is 0.286. The number of fused-ring (bicyclic) bond motifs is 1. The number of hydrogen-bond donors (Lipinski definition) is 0. The molecule has 0 atom stereocenters. The molecule has 0 spiro atoms. The Morgan fingerprint density at radius 3 is 2.12 bits per heavy atom. The van der Waals surface area contributed by atoms with Crippen molar-refractivity contribution in [1.82, 2.24) is 0 Å². The van der Waals surface area contributed by atoms with Crippen molar-refractivity contribution in [1.29, 1.82) is 0 Å². The summed E-state index contributed by atoms with van der Waals surface area (Å²) in [6.07, 6.45) is 0. The number of benzene rings is 2. The van der Waals surface area contributed by atoms with Gasteiger partial charge >= 0.3 is 0 Å². The van der Waals surface area contributed by atoms with E-state index >= 15 is 0 Å². The van der Waals surface area contributed by atoms with Crippen LogP contribution in [0.15, 0.2) is 36.4 Å². The van der Waals surface area contributed by atoms with E-state index in [9.17, 15) is 0 Å². The lowest BCUT2D eigenvalue weighted by atomic mass is 10.1. The van der Waals surface area contributed by atoms with Crippen molar-refractivity contribution >= 4 is 10.8 Å². The molecule has 0 aliphatic carbocycles. The maximum atomic E-state index is 5.68. The third kappa shape index (κ3) is 2.50. The van der Waals surface area contributed by atoms with E-state index < -0.39 is 0 Å². The first kappa shape index (κ1) is 11.7. The van der Waals surface area contributed by atoms with Crippen molar-refractivity contribution in [2.75, 3.05) is 27.4 Å². The second-order valence-corrected chi connectivity index (χ2v) is 3.65. The lowest BCUT2D eigenvalue weighted by Gasteiger charge is -2.10. The molecule has 0 unspecified atom stereocenters. The number of ether oxygens (including phenoxy) is 3. The summed E-state index contributed by atoms with van der Waals surface area (Å²) in [5.41, 5.74) is 0. The summed E-state index contributed by atoms with van der Waals surface area (Å²) in [6, 6.07) is 11.9. The van der Waals surface area contributed by atoms with Gasteiger partial charge < -0.3 is 14.2 Å². The van der Waals surface area contributed by atoms with E-state index in [0.717, 1.165) is 22.3 Å². The molecule has 0 bridgehead atoms. The van der Waals surface area contributed by atoms with E-state index in [1.54, 1.807) is 14.2 Å². The van der Waals surface area contributed by atoms with Crippen molar-refractivity contribution in [2.45, 2.75) is 0 Å². The van der Waals surface area contributed by atoms with Crippen LogP contribution < -0.4 is 9.47 Å². The lowest BCUT2D eigenvalue weighted by molar-refractivity contribution is 0.147. The van der Waals surface area contributed by atoms with Gasteiger partial charge in [0.25, 0.3) is 0 Å². The molecule has 3 nitrogen and oxygen atoms in total. The first-order chi connectivity index (χ1) is 8.36. The molecule has 90 valence electrons. The van der Waals surface area contributed by atoms with Crippen LogP contribution in [0, 0.1) is 0 Å². The van der Waals surface area contributed by atoms with Crippen molar-refractivity contribution < 1.29 is 14.2 Å². The third-order valence-corrected chi connectivity index (χ3v) is 2.61. The Balaban J connectivity index is 2.36. The zero-order valence-electron chi connectivity index (χ0n) is 10.1. The zero-order valence-corrected chi connectivity index (χ0v) is 10.1. The SMILES string of the molecule is COCCOc1cccc2c(OC)cccc12. The summed E-state index contributed by atoms with van der Waals surface area (Å²) in [5.74, 6) is 1.72. The van der Waals surface area contributed by atoms with E-state index in [-0.39, 0.29) is 0 Å². The van der Waals surface area contributed by atoms with Crippen LogP contribution in [-0.2, 0) is 4.74 Å². The minimum atomic E-state index is 0.548. The van der Waals surface area contributed by atoms with Crippen LogP contribution in [0.5, 0.6) is 11.5 Å². The maximum absolute atomic E-state index is 5.68. The van der Waals surface area contributed by atoms with Crippen LogP contribution in [0.2, 0.25) is 0 Å². The monoisotopic (exact) mass is 232 g/mol. The Morgan fingerprint density at radius 2 is 1.47 bits per heavy atom. The molecule has 2 aromatic rings. The highest BCUT2D eigenvalue weighted by Gasteiger charge is 2.05. The van der Waals surface area contributed by atoms with Gasteiger partial charge in [0.05, 0.1) is 13.7 Å². The topological polar surface area (TPSA) is 27.7 Å². The third-order valence-electron chi connectivity index (χ3n) is 2.61. The molecule has 2 rings (SSSR count). The maximum Gasteiger partial charge on any atom is 0.127 e. The van der Waals surface area contributed by atoms with E-state index in [0.29, 0.717) is 13.2 Å². The zero-order chi connectivity index (χ0) is 12.1. The highest BCUT2D eigenvalue weighted by Crippen LogP contribution is 2.31. The molecule has 0 saturated carbocycles. The molecule has 0 N–H and O–H groups in total. The van der Waals surface area contributed by atoms with Crippen molar-refractivity contribution in [3.63, 3.8) is 0 Å². The molecule has 0 aliphatic heterocycles. The van der Waals surface area contributed by atoms with Gasteiger partial charge in [-0.25, -0.2) is 0 Å².